The van der Waals surface area contributed by atoms with Gasteiger partial charge in [-0.3, -0.25) is 4.79 Å². The number of halogens is 1. The van der Waals surface area contributed by atoms with E-state index in [0.717, 1.165) is 34.4 Å². The van der Waals surface area contributed by atoms with E-state index in [4.69, 9.17) is 0 Å². The maximum Gasteiger partial charge on any atom is 0.227 e. The maximum absolute atomic E-state index is 11.9. The summed E-state index contributed by atoms with van der Waals surface area (Å²) in [6.45, 7) is 2.06. The number of aryl methyl sites for hydroxylation is 1. The van der Waals surface area contributed by atoms with E-state index in [1.165, 1.54) is 12.0 Å². The largest absolute Gasteiger partial charge is 0.355 e. The van der Waals surface area contributed by atoms with Crippen LogP contribution in [0.2, 0.25) is 0 Å². The van der Waals surface area contributed by atoms with Crippen LogP contribution in [0.5, 0.6) is 0 Å². The summed E-state index contributed by atoms with van der Waals surface area (Å²) in [7, 11) is 0. The molecule has 3 nitrogen and oxygen atoms in total. The molecule has 0 heterocycles. The lowest BCUT2D eigenvalue weighted by Crippen LogP contribution is -2.27. The fourth-order valence-corrected chi connectivity index (χ4v) is 3.02. The third kappa shape index (κ3) is 3.50. The van der Waals surface area contributed by atoms with Gasteiger partial charge in [0.25, 0.3) is 0 Å². The van der Waals surface area contributed by atoms with E-state index >= 15 is 0 Å². The molecule has 0 aromatic heterocycles. The van der Waals surface area contributed by atoms with E-state index in [1.807, 2.05) is 30.3 Å². The fourth-order valence-electron chi connectivity index (χ4n) is 2.43. The Hall–Kier alpha value is -1.81. The maximum atomic E-state index is 11.9. The summed E-state index contributed by atoms with van der Waals surface area (Å²) in [6, 6.07) is 14.0. The predicted octanol–water partition coefficient (Wildman–Crippen LogP) is 5.24. The number of benzene rings is 2. The predicted molar refractivity (Wildman–Crippen MR) is 94.6 cm³/mol. The summed E-state index contributed by atoms with van der Waals surface area (Å²) in [6.07, 6.45) is 3.21. The molecule has 1 fully saturated rings. The van der Waals surface area contributed by atoms with Crippen LogP contribution in [-0.2, 0) is 4.79 Å². The van der Waals surface area contributed by atoms with Crippen LogP contribution >= 0.6 is 15.9 Å². The highest BCUT2D eigenvalue weighted by Crippen LogP contribution is 2.29. The Balaban J connectivity index is 1.64. The van der Waals surface area contributed by atoms with Crippen LogP contribution in [-0.4, -0.2) is 5.91 Å². The third-order valence-corrected chi connectivity index (χ3v) is 4.69. The molecule has 0 unspecified atom stereocenters. The monoisotopic (exact) mass is 358 g/mol. The van der Waals surface area contributed by atoms with Crippen LogP contribution < -0.4 is 10.6 Å². The highest BCUT2D eigenvalue weighted by Gasteiger charge is 2.24. The van der Waals surface area contributed by atoms with E-state index in [0.29, 0.717) is 0 Å². The van der Waals surface area contributed by atoms with Gasteiger partial charge in [0.05, 0.1) is 5.69 Å². The van der Waals surface area contributed by atoms with Crippen molar-refractivity contribution in [3.63, 3.8) is 0 Å². The minimum absolute atomic E-state index is 0.147. The van der Waals surface area contributed by atoms with Crippen LogP contribution in [0, 0.1) is 12.8 Å². The summed E-state index contributed by atoms with van der Waals surface area (Å²) >= 11 is 3.56. The quantitative estimate of drug-likeness (QED) is 0.784. The summed E-state index contributed by atoms with van der Waals surface area (Å²) in [5, 5.41) is 6.34. The minimum atomic E-state index is 0.147. The van der Waals surface area contributed by atoms with Gasteiger partial charge in [-0.2, -0.15) is 0 Å². The van der Waals surface area contributed by atoms with Gasteiger partial charge < -0.3 is 10.6 Å². The van der Waals surface area contributed by atoms with Crippen molar-refractivity contribution in [3.8, 4) is 0 Å². The number of rotatable bonds is 4. The lowest BCUT2D eigenvalue weighted by molar-refractivity contribution is -0.122. The van der Waals surface area contributed by atoms with Crippen LogP contribution in [0.1, 0.15) is 24.8 Å². The van der Waals surface area contributed by atoms with Crippen molar-refractivity contribution in [1.29, 1.82) is 0 Å². The van der Waals surface area contributed by atoms with Gasteiger partial charge >= 0.3 is 0 Å². The number of hydrogen-bond donors (Lipinski definition) is 2. The zero-order valence-corrected chi connectivity index (χ0v) is 14.1. The number of hydrogen-bond acceptors (Lipinski definition) is 2. The van der Waals surface area contributed by atoms with Crippen LogP contribution in [0.3, 0.4) is 0 Å². The molecule has 3 rings (SSSR count). The number of amides is 1. The van der Waals surface area contributed by atoms with Crippen molar-refractivity contribution >= 4 is 38.9 Å². The van der Waals surface area contributed by atoms with E-state index in [9.17, 15) is 4.79 Å². The van der Waals surface area contributed by atoms with Crippen molar-refractivity contribution in [2.45, 2.75) is 26.2 Å². The molecular formula is C18H19BrN2O. The number of anilines is 3. The van der Waals surface area contributed by atoms with Gasteiger partial charge in [-0.25, -0.2) is 0 Å². The highest BCUT2D eigenvalue weighted by atomic mass is 79.9. The van der Waals surface area contributed by atoms with E-state index in [1.54, 1.807) is 0 Å². The molecule has 0 spiro atoms. The normalized spacial score (nSPS) is 14.3. The summed E-state index contributed by atoms with van der Waals surface area (Å²) in [5.41, 5.74) is 4.08. The lowest BCUT2D eigenvalue weighted by Gasteiger charge is -2.24. The molecule has 1 aliphatic carbocycles. The highest BCUT2D eigenvalue weighted by molar-refractivity contribution is 9.10. The molecule has 0 radical (unpaired) electrons. The molecule has 1 amide bonds. The Bertz CT molecular complexity index is 678. The molecule has 0 aliphatic heterocycles. The Labute approximate surface area is 139 Å². The Morgan fingerprint density at radius 1 is 1.09 bits per heavy atom. The lowest BCUT2D eigenvalue weighted by atomic mass is 9.85. The van der Waals surface area contributed by atoms with Gasteiger partial charge in [0, 0.05) is 21.8 Å². The topological polar surface area (TPSA) is 41.1 Å². The van der Waals surface area contributed by atoms with Crippen LogP contribution in [0.15, 0.2) is 46.9 Å². The van der Waals surface area contributed by atoms with E-state index in [2.05, 4.69) is 45.6 Å². The van der Waals surface area contributed by atoms with Gasteiger partial charge in [-0.15, -0.1) is 0 Å². The Kier molecular flexibility index (Phi) is 4.48. The first-order valence-corrected chi connectivity index (χ1v) is 8.35. The molecule has 0 atom stereocenters. The van der Waals surface area contributed by atoms with Gasteiger partial charge in [0.1, 0.15) is 0 Å². The average Bonchev–Trinajstić information content (AvgIpc) is 2.42. The third-order valence-electron chi connectivity index (χ3n) is 4.03. The standard InChI is InChI=1S/C18H19BrN2O/c1-12-5-10-17(16(19)11-12)20-14-6-8-15(9-7-14)21-18(22)13-3-2-4-13/h5-11,13,20H,2-4H2,1H3,(H,21,22). The molecule has 22 heavy (non-hydrogen) atoms. The second-order valence-corrected chi connectivity index (χ2v) is 6.66. The first kappa shape index (κ1) is 15.1. The van der Waals surface area contributed by atoms with Crippen molar-refractivity contribution in [1.82, 2.24) is 0 Å². The Morgan fingerprint density at radius 2 is 1.77 bits per heavy atom. The molecule has 0 saturated heterocycles. The Morgan fingerprint density at radius 3 is 2.36 bits per heavy atom. The van der Waals surface area contributed by atoms with Crippen LogP contribution in [0.4, 0.5) is 17.1 Å². The zero-order valence-electron chi connectivity index (χ0n) is 12.5. The van der Waals surface area contributed by atoms with Crippen molar-refractivity contribution < 1.29 is 4.79 Å². The average molecular weight is 359 g/mol. The van der Waals surface area contributed by atoms with Gasteiger partial charge in [0.15, 0.2) is 0 Å². The molecule has 2 aromatic carbocycles. The second kappa shape index (κ2) is 6.53. The van der Waals surface area contributed by atoms with Crippen LogP contribution in [0.25, 0.3) is 0 Å². The van der Waals surface area contributed by atoms with Gasteiger partial charge in [-0.05, 0) is 77.7 Å². The number of carbonyl (C=O) groups is 1. The summed E-state index contributed by atoms with van der Waals surface area (Å²) < 4.78 is 1.04. The molecule has 114 valence electrons. The summed E-state index contributed by atoms with van der Waals surface area (Å²) in [5.74, 6) is 0.356. The van der Waals surface area contributed by atoms with Crippen molar-refractivity contribution in [2.75, 3.05) is 10.6 Å². The fraction of sp³-hybridized carbons (Fsp3) is 0.278. The number of nitrogens with one attached hydrogen (secondary N) is 2. The van der Waals surface area contributed by atoms with E-state index in [-0.39, 0.29) is 11.8 Å². The smallest absolute Gasteiger partial charge is 0.227 e. The number of carbonyl (C=O) groups excluding carboxylic acids is 1. The minimum Gasteiger partial charge on any atom is -0.355 e. The zero-order chi connectivity index (χ0) is 15.5. The first-order valence-electron chi connectivity index (χ1n) is 7.56. The summed E-state index contributed by atoms with van der Waals surface area (Å²) in [4.78, 5) is 11.9. The molecule has 0 bridgehead atoms. The molecule has 4 heteroatoms. The van der Waals surface area contributed by atoms with Gasteiger partial charge in [0.2, 0.25) is 5.91 Å². The SMILES string of the molecule is Cc1ccc(Nc2ccc(NC(=O)C3CCC3)cc2)c(Br)c1. The molecule has 1 aliphatic rings. The van der Waals surface area contributed by atoms with Crippen molar-refractivity contribution in [3.05, 3.63) is 52.5 Å². The van der Waals surface area contributed by atoms with E-state index < -0.39 is 0 Å². The first-order chi connectivity index (χ1) is 10.6. The second-order valence-electron chi connectivity index (χ2n) is 5.80. The van der Waals surface area contributed by atoms with Gasteiger partial charge in [-0.1, -0.05) is 12.5 Å². The van der Waals surface area contributed by atoms with Crippen molar-refractivity contribution in [2.24, 2.45) is 5.92 Å². The molecular weight excluding hydrogens is 340 g/mol. The molecule has 2 aromatic rings. The molecule has 2 N–H and O–H groups in total. The molecule has 1 saturated carbocycles.